The van der Waals surface area contributed by atoms with Crippen LogP contribution in [0, 0.1) is 6.92 Å². The molecule has 0 unspecified atom stereocenters. The number of aryl methyl sites for hydroxylation is 1. The molecular weight excluding hydrogens is 136 g/mol. The number of rotatable bonds is 2. The summed E-state index contributed by atoms with van der Waals surface area (Å²) in [6.07, 6.45) is 0.588. The maximum Gasteiger partial charge on any atom is 0.162 e. The highest BCUT2D eigenvalue weighted by atomic mass is 16.1. The minimum Gasteiger partial charge on any atom is -0.294 e. The van der Waals surface area contributed by atoms with Gasteiger partial charge in [0, 0.05) is 12.0 Å². The second-order valence-corrected chi connectivity index (χ2v) is 2.59. The van der Waals surface area contributed by atoms with Gasteiger partial charge in [-0.1, -0.05) is 31.2 Å². The molecule has 0 fully saturated rings. The van der Waals surface area contributed by atoms with Gasteiger partial charge in [-0.2, -0.15) is 0 Å². The van der Waals surface area contributed by atoms with E-state index in [4.69, 9.17) is 0 Å². The van der Waals surface area contributed by atoms with Crippen molar-refractivity contribution in [3.8, 4) is 0 Å². The molecule has 0 spiro atoms. The Morgan fingerprint density at radius 3 is 2.55 bits per heavy atom. The number of carbonyl (C=O) groups excluding carboxylic acids is 1. The summed E-state index contributed by atoms with van der Waals surface area (Å²) in [6.45, 7) is 3.84. The molecule has 0 aliphatic carbocycles. The Morgan fingerprint density at radius 2 is 2.00 bits per heavy atom. The van der Waals surface area contributed by atoms with Crippen LogP contribution in [0.25, 0.3) is 0 Å². The van der Waals surface area contributed by atoms with Gasteiger partial charge in [0.25, 0.3) is 0 Å². The molecule has 1 nitrogen and oxygen atoms in total. The van der Waals surface area contributed by atoms with E-state index < -0.39 is 0 Å². The number of hydrogen-bond acceptors (Lipinski definition) is 1. The topological polar surface area (TPSA) is 17.1 Å². The molecule has 0 aliphatic rings. The molecule has 0 radical (unpaired) electrons. The molecule has 1 heteroatoms. The molecule has 0 atom stereocenters. The summed E-state index contributed by atoms with van der Waals surface area (Å²) in [6, 6.07) is 7.68. The second kappa shape index (κ2) is 3.33. The van der Waals surface area contributed by atoms with Crippen LogP contribution in [0.4, 0.5) is 0 Å². The van der Waals surface area contributed by atoms with E-state index in [9.17, 15) is 4.79 Å². The van der Waals surface area contributed by atoms with Crippen LogP contribution in [0.15, 0.2) is 24.3 Å². The standard InChI is InChI=1S/C10H12O/c1-3-10(11)9-7-5-4-6-8(9)2/h4-7H,3H2,1-2H3. The van der Waals surface area contributed by atoms with E-state index in [1.165, 1.54) is 0 Å². The maximum absolute atomic E-state index is 11.2. The normalized spacial score (nSPS) is 9.64. The zero-order valence-electron chi connectivity index (χ0n) is 6.92. The Labute approximate surface area is 67.1 Å². The number of carbonyl (C=O) groups is 1. The van der Waals surface area contributed by atoms with Gasteiger partial charge in [0.2, 0.25) is 0 Å². The fourth-order valence-electron chi connectivity index (χ4n) is 1.08. The van der Waals surface area contributed by atoms with E-state index in [0.717, 1.165) is 11.1 Å². The third-order valence-electron chi connectivity index (χ3n) is 1.77. The molecule has 11 heavy (non-hydrogen) atoms. The predicted molar refractivity (Wildman–Crippen MR) is 45.8 cm³/mol. The Balaban J connectivity index is 3.03. The first kappa shape index (κ1) is 7.99. The van der Waals surface area contributed by atoms with Crippen LogP contribution in [0.3, 0.4) is 0 Å². The third kappa shape index (κ3) is 1.67. The maximum atomic E-state index is 11.2. The Bertz CT molecular complexity index is 263. The van der Waals surface area contributed by atoms with Gasteiger partial charge in [-0.3, -0.25) is 4.79 Å². The van der Waals surface area contributed by atoms with E-state index in [1.54, 1.807) is 0 Å². The lowest BCUT2D eigenvalue weighted by atomic mass is 10.0. The molecule has 0 bridgehead atoms. The van der Waals surface area contributed by atoms with Crippen molar-refractivity contribution in [2.24, 2.45) is 0 Å². The van der Waals surface area contributed by atoms with Crippen molar-refractivity contribution in [2.75, 3.05) is 0 Å². The van der Waals surface area contributed by atoms with Crippen molar-refractivity contribution in [1.82, 2.24) is 0 Å². The highest BCUT2D eigenvalue weighted by molar-refractivity contribution is 5.97. The summed E-state index contributed by atoms with van der Waals surface area (Å²) in [5.41, 5.74) is 1.93. The SMILES string of the molecule is CCC(=O)c1ccccc1C. The molecule has 0 heterocycles. The highest BCUT2D eigenvalue weighted by Gasteiger charge is 2.03. The Hall–Kier alpha value is -1.11. The van der Waals surface area contributed by atoms with Crippen LogP contribution in [0.2, 0.25) is 0 Å². The first-order valence-corrected chi connectivity index (χ1v) is 3.84. The molecule has 0 saturated heterocycles. The van der Waals surface area contributed by atoms with Gasteiger partial charge in [-0.05, 0) is 12.5 Å². The number of benzene rings is 1. The summed E-state index contributed by atoms with van der Waals surface area (Å²) in [7, 11) is 0. The van der Waals surface area contributed by atoms with E-state index in [2.05, 4.69) is 0 Å². The summed E-state index contributed by atoms with van der Waals surface area (Å²) in [4.78, 5) is 11.2. The lowest BCUT2D eigenvalue weighted by Gasteiger charge is -2.00. The summed E-state index contributed by atoms with van der Waals surface area (Å²) in [5.74, 6) is 0.225. The molecule has 58 valence electrons. The average Bonchev–Trinajstić information content (AvgIpc) is 2.04. The monoisotopic (exact) mass is 148 g/mol. The van der Waals surface area contributed by atoms with Crippen molar-refractivity contribution >= 4 is 5.78 Å². The van der Waals surface area contributed by atoms with Crippen molar-refractivity contribution in [3.05, 3.63) is 35.4 Å². The van der Waals surface area contributed by atoms with Crippen molar-refractivity contribution in [1.29, 1.82) is 0 Å². The number of ketones is 1. The van der Waals surface area contributed by atoms with Gasteiger partial charge < -0.3 is 0 Å². The minimum atomic E-state index is 0.225. The average molecular weight is 148 g/mol. The Kier molecular flexibility index (Phi) is 2.42. The quantitative estimate of drug-likeness (QED) is 0.589. The summed E-state index contributed by atoms with van der Waals surface area (Å²) in [5, 5.41) is 0. The second-order valence-electron chi connectivity index (χ2n) is 2.59. The Morgan fingerprint density at radius 1 is 1.36 bits per heavy atom. The molecule has 0 N–H and O–H groups in total. The van der Waals surface area contributed by atoms with E-state index >= 15 is 0 Å². The van der Waals surface area contributed by atoms with Crippen molar-refractivity contribution < 1.29 is 4.79 Å². The van der Waals surface area contributed by atoms with E-state index in [1.807, 2.05) is 38.1 Å². The molecule has 0 saturated carbocycles. The van der Waals surface area contributed by atoms with Crippen LogP contribution >= 0.6 is 0 Å². The predicted octanol–water partition coefficient (Wildman–Crippen LogP) is 2.59. The molecule has 0 amide bonds. The van der Waals surface area contributed by atoms with Gasteiger partial charge in [-0.25, -0.2) is 0 Å². The summed E-state index contributed by atoms with van der Waals surface area (Å²) < 4.78 is 0. The summed E-state index contributed by atoms with van der Waals surface area (Å²) >= 11 is 0. The van der Waals surface area contributed by atoms with E-state index in [-0.39, 0.29) is 5.78 Å². The van der Waals surface area contributed by atoms with Gasteiger partial charge in [0.1, 0.15) is 0 Å². The molecule has 1 aromatic rings. The van der Waals surface area contributed by atoms with Crippen LogP contribution in [0.1, 0.15) is 29.3 Å². The minimum absolute atomic E-state index is 0.225. The smallest absolute Gasteiger partial charge is 0.162 e. The molecule has 1 aromatic carbocycles. The number of hydrogen-bond donors (Lipinski definition) is 0. The van der Waals surface area contributed by atoms with Crippen LogP contribution in [0.5, 0.6) is 0 Å². The van der Waals surface area contributed by atoms with Gasteiger partial charge >= 0.3 is 0 Å². The molecular formula is C10H12O. The molecule has 1 rings (SSSR count). The van der Waals surface area contributed by atoms with Crippen molar-refractivity contribution in [2.45, 2.75) is 20.3 Å². The third-order valence-corrected chi connectivity index (χ3v) is 1.77. The number of Topliss-reactive ketones (excluding diaryl/α,β-unsaturated/α-hetero) is 1. The lowest BCUT2D eigenvalue weighted by molar-refractivity contribution is 0.0987. The molecule has 0 aromatic heterocycles. The van der Waals surface area contributed by atoms with Crippen LogP contribution in [-0.2, 0) is 0 Å². The van der Waals surface area contributed by atoms with Gasteiger partial charge in [0.05, 0.1) is 0 Å². The largest absolute Gasteiger partial charge is 0.294 e. The fourth-order valence-corrected chi connectivity index (χ4v) is 1.08. The fraction of sp³-hybridized carbons (Fsp3) is 0.300. The lowest BCUT2D eigenvalue weighted by Crippen LogP contribution is -1.98. The zero-order valence-corrected chi connectivity index (χ0v) is 6.92. The highest BCUT2D eigenvalue weighted by Crippen LogP contribution is 2.08. The first-order chi connectivity index (χ1) is 5.25. The van der Waals surface area contributed by atoms with Crippen LogP contribution < -0.4 is 0 Å². The van der Waals surface area contributed by atoms with Crippen LogP contribution in [-0.4, -0.2) is 5.78 Å². The van der Waals surface area contributed by atoms with Gasteiger partial charge in [0.15, 0.2) is 5.78 Å². The van der Waals surface area contributed by atoms with Crippen molar-refractivity contribution in [3.63, 3.8) is 0 Å². The van der Waals surface area contributed by atoms with Gasteiger partial charge in [-0.15, -0.1) is 0 Å². The zero-order chi connectivity index (χ0) is 8.27. The first-order valence-electron chi connectivity index (χ1n) is 3.84. The van der Waals surface area contributed by atoms with E-state index in [0.29, 0.717) is 6.42 Å². The molecule has 0 aliphatic heterocycles.